The zero-order valence-electron chi connectivity index (χ0n) is 12.6. The summed E-state index contributed by atoms with van der Waals surface area (Å²) in [5, 5.41) is 3.71. The maximum absolute atomic E-state index is 12.6. The van der Waals surface area contributed by atoms with Crippen molar-refractivity contribution < 1.29 is 13.9 Å². The second-order valence-corrected chi connectivity index (χ2v) is 5.98. The largest absolute Gasteiger partial charge is 0.497 e. The zero-order valence-corrected chi connectivity index (χ0v) is 13.4. The third-order valence-corrected chi connectivity index (χ3v) is 4.31. The number of benzene rings is 1. The molecule has 0 aliphatic carbocycles. The van der Waals surface area contributed by atoms with Gasteiger partial charge in [0.1, 0.15) is 16.3 Å². The lowest BCUT2D eigenvalue weighted by molar-refractivity contribution is 0.0754. The van der Waals surface area contributed by atoms with Crippen molar-refractivity contribution in [3.63, 3.8) is 0 Å². The molecule has 0 unspecified atom stereocenters. The Labute approximate surface area is 132 Å². The summed E-state index contributed by atoms with van der Waals surface area (Å²) in [5.74, 6) is 0.918. The molecule has 0 atom stereocenters. The predicted octanol–water partition coefficient (Wildman–Crippen LogP) is 3.48. The van der Waals surface area contributed by atoms with Crippen LogP contribution in [0.3, 0.4) is 0 Å². The van der Waals surface area contributed by atoms with Crippen molar-refractivity contribution in [2.75, 3.05) is 14.2 Å². The number of nitrogens with zero attached hydrogens (tertiary/aromatic N) is 2. The highest BCUT2D eigenvalue weighted by atomic mass is 32.1. The summed E-state index contributed by atoms with van der Waals surface area (Å²) in [6.07, 6.45) is 1.73. The van der Waals surface area contributed by atoms with Crippen LogP contribution in [0.2, 0.25) is 0 Å². The van der Waals surface area contributed by atoms with Gasteiger partial charge in [0.2, 0.25) is 0 Å². The summed E-state index contributed by atoms with van der Waals surface area (Å²) in [6.45, 7) is 2.36. The van der Waals surface area contributed by atoms with E-state index in [-0.39, 0.29) is 5.91 Å². The fourth-order valence-electron chi connectivity index (χ4n) is 2.32. The molecule has 0 spiro atoms. The molecule has 22 heavy (non-hydrogen) atoms. The smallest absolute Gasteiger partial charge is 0.290 e. The highest BCUT2D eigenvalue weighted by molar-refractivity contribution is 7.09. The number of carbonyl (C=O) groups excluding carboxylic acids is 1. The van der Waals surface area contributed by atoms with E-state index in [0.717, 1.165) is 16.0 Å². The molecule has 0 N–H and O–H groups in total. The lowest BCUT2D eigenvalue weighted by Crippen LogP contribution is -2.26. The first-order valence-corrected chi connectivity index (χ1v) is 7.69. The third kappa shape index (κ3) is 2.57. The lowest BCUT2D eigenvalue weighted by atomic mass is 10.1. The van der Waals surface area contributed by atoms with Gasteiger partial charge in [-0.3, -0.25) is 4.79 Å². The van der Waals surface area contributed by atoms with Crippen molar-refractivity contribution in [3.8, 4) is 5.75 Å². The van der Waals surface area contributed by atoms with E-state index in [4.69, 9.17) is 9.15 Å². The molecule has 6 heteroatoms. The molecule has 2 aromatic heterocycles. The van der Waals surface area contributed by atoms with E-state index in [1.54, 1.807) is 31.3 Å². The second-order valence-electron chi connectivity index (χ2n) is 5.01. The van der Waals surface area contributed by atoms with Gasteiger partial charge in [-0.05, 0) is 19.1 Å². The summed E-state index contributed by atoms with van der Waals surface area (Å²) >= 11 is 1.53. The Hall–Kier alpha value is -2.34. The summed E-state index contributed by atoms with van der Waals surface area (Å²) in [4.78, 5) is 18.4. The van der Waals surface area contributed by atoms with Gasteiger partial charge in [-0.25, -0.2) is 4.98 Å². The molecule has 2 heterocycles. The van der Waals surface area contributed by atoms with E-state index in [9.17, 15) is 4.79 Å². The van der Waals surface area contributed by atoms with Crippen LogP contribution in [0.15, 0.2) is 34.2 Å². The Morgan fingerprint density at radius 2 is 2.27 bits per heavy atom. The molecule has 0 fully saturated rings. The van der Waals surface area contributed by atoms with Crippen molar-refractivity contribution in [1.29, 1.82) is 0 Å². The molecule has 1 amide bonds. The van der Waals surface area contributed by atoms with Gasteiger partial charge < -0.3 is 14.1 Å². The Morgan fingerprint density at radius 3 is 2.95 bits per heavy atom. The summed E-state index contributed by atoms with van der Waals surface area (Å²) in [5.41, 5.74) is 1.50. The highest BCUT2D eigenvalue weighted by Gasteiger charge is 2.21. The minimum Gasteiger partial charge on any atom is -0.497 e. The third-order valence-electron chi connectivity index (χ3n) is 3.54. The number of hydrogen-bond donors (Lipinski definition) is 0. The van der Waals surface area contributed by atoms with Crippen LogP contribution in [0.25, 0.3) is 11.0 Å². The normalized spacial score (nSPS) is 10.9. The van der Waals surface area contributed by atoms with Crippen LogP contribution in [0, 0.1) is 6.92 Å². The van der Waals surface area contributed by atoms with Crippen molar-refractivity contribution >= 4 is 28.2 Å². The van der Waals surface area contributed by atoms with Crippen LogP contribution >= 0.6 is 11.3 Å². The molecule has 0 saturated heterocycles. The fourth-order valence-corrected chi connectivity index (χ4v) is 2.98. The molecule has 3 aromatic rings. The Balaban J connectivity index is 1.91. The van der Waals surface area contributed by atoms with E-state index < -0.39 is 0 Å². The van der Waals surface area contributed by atoms with E-state index >= 15 is 0 Å². The first-order chi connectivity index (χ1) is 10.6. The van der Waals surface area contributed by atoms with Gasteiger partial charge in [-0.15, -0.1) is 11.3 Å². The van der Waals surface area contributed by atoms with Crippen LogP contribution in [-0.4, -0.2) is 29.9 Å². The molecule has 0 aliphatic heterocycles. The Morgan fingerprint density at radius 1 is 1.45 bits per heavy atom. The number of aromatic nitrogens is 1. The minimum absolute atomic E-state index is 0.150. The van der Waals surface area contributed by atoms with Gasteiger partial charge in [-0.1, -0.05) is 0 Å². The average molecular weight is 316 g/mol. The van der Waals surface area contributed by atoms with Gasteiger partial charge in [0.25, 0.3) is 5.91 Å². The molecule has 0 radical (unpaired) electrons. The number of thiazole rings is 1. The topological polar surface area (TPSA) is 55.6 Å². The number of hydrogen-bond acceptors (Lipinski definition) is 5. The molecular formula is C16H16N2O3S. The summed E-state index contributed by atoms with van der Waals surface area (Å²) in [6, 6.07) is 5.56. The standard InChI is InChI=1S/C16H16N2O3S/c1-10-12-5-4-11(20-3)8-13(12)21-15(10)16(19)18(2)9-14-17-6-7-22-14/h4-8H,9H2,1-3H3. The highest BCUT2D eigenvalue weighted by Crippen LogP contribution is 2.29. The second kappa shape index (κ2) is 5.81. The molecule has 0 bridgehead atoms. The number of amides is 1. The number of methoxy groups -OCH3 is 1. The zero-order chi connectivity index (χ0) is 15.7. The van der Waals surface area contributed by atoms with Gasteiger partial charge in [-0.2, -0.15) is 0 Å². The Bertz CT molecular complexity index is 808. The number of fused-ring (bicyclic) bond motifs is 1. The number of furan rings is 1. The quantitative estimate of drug-likeness (QED) is 0.739. The van der Waals surface area contributed by atoms with Crippen LogP contribution in [0.1, 0.15) is 21.1 Å². The Kier molecular flexibility index (Phi) is 3.85. The maximum Gasteiger partial charge on any atom is 0.290 e. The molecule has 114 valence electrons. The van der Waals surface area contributed by atoms with E-state index in [1.807, 2.05) is 24.4 Å². The van der Waals surface area contributed by atoms with Crippen molar-refractivity contribution in [2.45, 2.75) is 13.5 Å². The van der Waals surface area contributed by atoms with Crippen molar-refractivity contribution in [3.05, 3.63) is 46.1 Å². The fraction of sp³-hybridized carbons (Fsp3) is 0.250. The van der Waals surface area contributed by atoms with Crippen molar-refractivity contribution in [1.82, 2.24) is 9.88 Å². The molecule has 0 aliphatic rings. The monoisotopic (exact) mass is 316 g/mol. The summed E-state index contributed by atoms with van der Waals surface area (Å²) < 4.78 is 10.9. The number of ether oxygens (including phenoxy) is 1. The molecule has 5 nitrogen and oxygen atoms in total. The van der Waals surface area contributed by atoms with Crippen LogP contribution < -0.4 is 4.74 Å². The average Bonchev–Trinajstić information content (AvgIpc) is 3.14. The van der Waals surface area contributed by atoms with E-state index in [2.05, 4.69) is 4.98 Å². The lowest BCUT2D eigenvalue weighted by Gasteiger charge is -2.14. The van der Waals surface area contributed by atoms with Gasteiger partial charge in [0.05, 0.1) is 13.7 Å². The van der Waals surface area contributed by atoms with Crippen LogP contribution in [0.4, 0.5) is 0 Å². The molecule has 1 aromatic carbocycles. The summed E-state index contributed by atoms with van der Waals surface area (Å²) in [7, 11) is 3.35. The predicted molar refractivity (Wildman–Crippen MR) is 85.4 cm³/mol. The minimum atomic E-state index is -0.150. The number of carbonyl (C=O) groups is 1. The van der Waals surface area contributed by atoms with Crippen LogP contribution in [0.5, 0.6) is 5.75 Å². The van der Waals surface area contributed by atoms with Gasteiger partial charge in [0.15, 0.2) is 5.76 Å². The van der Waals surface area contributed by atoms with Gasteiger partial charge in [0, 0.05) is 35.6 Å². The van der Waals surface area contributed by atoms with Crippen LogP contribution in [-0.2, 0) is 6.54 Å². The maximum atomic E-state index is 12.6. The number of aryl methyl sites for hydroxylation is 1. The molecular weight excluding hydrogens is 300 g/mol. The molecule has 3 rings (SSSR count). The van der Waals surface area contributed by atoms with Crippen molar-refractivity contribution in [2.24, 2.45) is 0 Å². The van der Waals surface area contributed by atoms with E-state index in [0.29, 0.717) is 23.6 Å². The van der Waals surface area contributed by atoms with Gasteiger partial charge >= 0.3 is 0 Å². The number of rotatable bonds is 4. The first-order valence-electron chi connectivity index (χ1n) is 6.81. The SMILES string of the molecule is COc1ccc2c(C)c(C(=O)N(C)Cc3nccs3)oc2c1. The molecule has 0 saturated carbocycles. The first kappa shape index (κ1) is 14.6. The van der Waals surface area contributed by atoms with E-state index in [1.165, 1.54) is 11.3 Å².